The molecule has 1 N–H and O–H groups in total. The molecule has 45 heavy (non-hydrogen) atoms. The number of carbonyl (C=O) groups is 1. The third-order valence-electron chi connectivity index (χ3n) is 8.46. The molecule has 0 bridgehead atoms. The molecule has 7 rings (SSSR count). The number of furan rings is 1. The molecule has 6 aromatic rings. The summed E-state index contributed by atoms with van der Waals surface area (Å²) in [5.41, 5.74) is 6.74. The fourth-order valence-electron chi connectivity index (χ4n) is 6.02. The van der Waals surface area contributed by atoms with E-state index in [1.807, 2.05) is 65.9 Å². The highest BCUT2D eigenvalue weighted by atomic mass is 32.2. The molecule has 3 aromatic carbocycles. The number of pyridine rings is 1. The number of anilines is 2. The standard InChI is InChI=1S/C34H30FN5O4S/c1-19-9-11-20(12-10-19)33-31(34(41)36-2)23-15-22(28(17-30(23)44-33)39(4)45(5,42)43)25-13-14-27-32(37-25)29-16-21-24(35)7-6-8-26(21)40(29)18-38(27)3/h6-17H,18H2,1-5H3,(H,36,41). The van der Waals surface area contributed by atoms with Crippen LogP contribution >= 0.6 is 0 Å². The minimum absolute atomic E-state index is 0.316. The summed E-state index contributed by atoms with van der Waals surface area (Å²) in [5, 5.41) is 3.73. The summed E-state index contributed by atoms with van der Waals surface area (Å²) in [4.78, 5) is 20.4. The Balaban J connectivity index is 1.51. The van der Waals surface area contributed by atoms with Gasteiger partial charge in [-0.3, -0.25) is 9.10 Å². The van der Waals surface area contributed by atoms with E-state index >= 15 is 0 Å². The van der Waals surface area contributed by atoms with Gasteiger partial charge in [0, 0.05) is 49.1 Å². The summed E-state index contributed by atoms with van der Waals surface area (Å²) in [6.07, 6.45) is 1.12. The normalized spacial score (nSPS) is 12.8. The second-order valence-electron chi connectivity index (χ2n) is 11.4. The molecule has 0 saturated heterocycles. The third kappa shape index (κ3) is 4.53. The summed E-state index contributed by atoms with van der Waals surface area (Å²) in [5.74, 6) is -0.282. The van der Waals surface area contributed by atoms with Gasteiger partial charge in [0.15, 0.2) is 0 Å². The van der Waals surface area contributed by atoms with Gasteiger partial charge in [-0.2, -0.15) is 0 Å². The largest absolute Gasteiger partial charge is 0.455 e. The van der Waals surface area contributed by atoms with Gasteiger partial charge >= 0.3 is 0 Å². The zero-order valence-electron chi connectivity index (χ0n) is 25.3. The van der Waals surface area contributed by atoms with E-state index in [1.54, 1.807) is 31.3 Å². The van der Waals surface area contributed by atoms with Crippen LogP contribution in [0, 0.1) is 12.7 Å². The molecule has 3 aromatic heterocycles. The van der Waals surface area contributed by atoms with Crippen molar-refractivity contribution in [3.05, 3.63) is 89.7 Å². The molecule has 1 aliphatic rings. The molecule has 9 nitrogen and oxygen atoms in total. The lowest BCUT2D eigenvalue weighted by molar-refractivity contribution is 0.0964. The van der Waals surface area contributed by atoms with Gasteiger partial charge in [-0.15, -0.1) is 0 Å². The van der Waals surface area contributed by atoms with Crippen LogP contribution in [0.4, 0.5) is 15.8 Å². The maximum absolute atomic E-state index is 14.8. The molecule has 1 amide bonds. The number of aryl methyl sites for hydroxylation is 1. The number of fused-ring (bicyclic) bond motifs is 6. The van der Waals surface area contributed by atoms with Gasteiger partial charge in [0.25, 0.3) is 5.91 Å². The van der Waals surface area contributed by atoms with Crippen LogP contribution in [0.1, 0.15) is 15.9 Å². The second-order valence-corrected chi connectivity index (χ2v) is 13.4. The molecule has 228 valence electrons. The van der Waals surface area contributed by atoms with Gasteiger partial charge in [0.1, 0.15) is 22.9 Å². The molecule has 4 heterocycles. The molecule has 0 spiro atoms. The Morgan fingerprint density at radius 2 is 1.80 bits per heavy atom. The molecule has 11 heteroatoms. The van der Waals surface area contributed by atoms with E-state index in [0.29, 0.717) is 62.6 Å². The fourth-order valence-corrected chi connectivity index (χ4v) is 6.53. The Labute approximate surface area is 259 Å². The summed E-state index contributed by atoms with van der Waals surface area (Å²) < 4.78 is 50.0. The third-order valence-corrected chi connectivity index (χ3v) is 9.65. The van der Waals surface area contributed by atoms with Gasteiger partial charge in [0.05, 0.1) is 46.8 Å². The van der Waals surface area contributed by atoms with Crippen molar-refractivity contribution in [2.45, 2.75) is 13.6 Å². The highest BCUT2D eigenvalue weighted by Crippen LogP contribution is 2.44. The summed E-state index contributed by atoms with van der Waals surface area (Å²) in [7, 11) is 1.26. The first kappa shape index (κ1) is 28.6. The van der Waals surface area contributed by atoms with E-state index in [9.17, 15) is 17.6 Å². The number of nitrogens with zero attached hydrogens (tertiary/aromatic N) is 4. The summed E-state index contributed by atoms with van der Waals surface area (Å²) >= 11 is 0. The lowest BCUT2D eigenvalue weighted by Crippen LogP contribution is -2.27. The smallest absolute Gasteiger partial charge is 0.255 e. The molecular formula is C34H30FN5O4S. The number of benzene rings is 3. The first-order valence-corrected chi connectivity index (χ1v) is 16.2. The minimum Gasteiger partial charge on any atom is -0.455 e. The molecule has 0 atom stereocenters. The summed E-state index contributed by atoms with van der Waals surface area (Å²) in [6.45, 7) is 2.48. The van der Waals surface area contributed by atoms with E-state index in [-0.39, 0.29) is 11.7 Å². The average Bonchev–Trinajstić information content (AvgIpc) is 3.59. The van der Waals surface area contributed by atoms with Crippen LogP contribution < -0.4 is 14.5 Å². The Bertz CT molecular complexity index is 2290. The van der Waals surface area contributed by atoms with Crippen molar-refractivity contribution in [3.63, 3.8) is 0 Å². The highest BCUT2D eigenvalue weighted by molar-refractivity contribution is 7.92. The average molecular weight is 624 g/mol. The molecule has 0 fully saturated rings. The first-order chi connectivity index (χ1) is 21.5. The van der Waals surface area contributed by atoms with Crippen molar-refractivity contribution >= 4 is 49.2 Å². The Kier molecular flexibility index (Phi) is 6.48. The molecule has 0 aliphatic carbocycles. The zero-order chi connectivity index (χ0) is 31.8. The van der Waals surface area contributed by atoms with Gasteiger partial charge < -0.3 is 19.2 Å². The number of hydrogen-bond donors (Lipinski definition) is 1. The first-order valence-electron chi connectivity index (χ1n) is 14.3. The molecule has 0 radical (unpaired) electrons. The van der Waals surface area contributed by atoms with E-state index in [1.165, 1.54) is 17.4 Å². The van der Waals surface area contributed by atoms with Gasteiger partial charge in [-0.05, 0) is 43.3 Å². The highest BCUT2D eigenvalue weighted by Gasteiger charge is 2.29. The van der Waals surface area contributed by atoms with Crippen LogP contribution in [-0.4, -0.2) is 51.3 Å². The van der Waals surface area contributed by atoms with Crippen LogP contribution in [0.25, 0.3) is 55.8 Å². The number of amides is 1. The molecule has 0 unspecified atom stereocenters. The minimum atomic E-state index is -3.70. The number of halogens is 1. The van der Waals surface area contributed by atoms with Crippen LogP contribution in [0.15, 0.2) is 77.2 Å². The van der Waals surface area contributed by atoms with Crippen LogP contribution in [0.2, 0.25) is 0 Å². The molecule has 1 aliphatic heterocycles. The Morgan fingerprint density at radius 1 is 1.04 bits per heavy atom. The maximum Gasteiger partial charge on any atom is 0.255 e. The summed E-state index contributed by atoms with van der Waals surface area (Å²) in [6, 6.07) is 21.6. The van der Waals surface area contributed by atoms with E-state index in [2.05, 4.69) is 5.32 Å². The Morgan fingerprint density at radius 3 is 2.51 bits per heavy atom. The quantitative estimate of drug-likeness (QED) is 0.239. The zero-order valence-corrected chi connectivity index (χ0v) is 26.2. The van der Waals surface area contributed by atoms with Gasteiger partial charge in [-0.25, -0.2) is 17.8 Å². The van der Waals surface area contributed by atoms with Crippen LogP contribution in [0.3, 0.4) is 0 Å². The fraction of sp³-hybridized carbons (Fsp3) is 0.176. The van der Waals surface area contributed by atoms with Crippen molar-refractivity contribution in [2.75, 3.05) is 36.6 Å². The van der Waals surface area contributed by atoms with Crippen LogP contribution in [0.5, 0.6) is 0 Å². The number of sulfonamides is 1. The van der Waals surface area contributed by atoms with E-state index in [4.69, 9.17) is 9.40 Å². The Hall–Kier alpha value is -5.16. The van der Waals surface area contributed by atoms with Gasteiger partial charge in [-0.1, -0.05) is 35.9 Å². The van der Waals surface area contributed by atoms with Crippen molar-refractivity contribution in [1.29, 1.82) is 0 Å². The maximum atomic E-state index is 14.8. The van der Waals surface area contributed by atoms with E-state index in [0.717, 1.165) is 28.7 Å². The lowest BCUT2D eigenvalue weighted by atomic mass is 10.00. The second kappa shape index (κ2) is 10.2. The van der Waals surface area contributed by atoms with Crippen molar-refractivity contribution in [2.24, 2.45) is 0 Å². The molecular weight excluding hydrogens is 593 g/mol. The number of carbonyl (C=O) groups excluding carboxylic acids is 1. The lowest BCUT2D eigenvalue weighted by Gasteiger charge is -2.30. The van der Waals surface area contributed by atoms with Crippen molar-refractivity contribution < 1.29 is 22.0 Å². The van der Waals surface area contributed by atoms with Gasteiger partial charge in [0.2, 0.25) is 10.0 Å². The van der Waals surface area contributed by atoms with Crippen molar-refractivity contribution in [3.8, 4) is 34.0 Å². The SMILES string of the molecule is CNC(=O)c1c(-c2ccc(C)cc2)oc2cc(N(C)S(C)(=O)=O)c(-c3ccc4c(n3)-c3cc5c(F)cccc5n3CN4C)cc12. The number of hydrogen-bond acceptors (Lipinski definition) is 6. The topological polar surface area (TPSA) is 101 Å². The monoisotopic (exact) mass is 623 g/mol. The predicted octanol–water partition coefficient (Wildman–Crippen LogP) is 6.39. The number of nitrogens with one attached hydrogen (secondary N) is 1. The van der Waals surface area contributed by atoms with E-state index < -0.39 is 10.0 Å². The number of aromatic nitrogens is 2. The number of rotatable bonds is 5. The predicted molar refractivity (Wildman–Crippen MR) is 176 cm³/mol. The molecule has 0 saturated carbocycles. The van der Waals surface area contributed by atoms with Crippen molar-refractivity contribution in [1.82, 2.24) is 14.9 Å². The van der Waals surface area contributed by atoms with Crippen LogP contribution in [-0.2, 0) is 16.7 Å².